The molecule has 0 radical (unpaired) electrons. The van der Waals surface area contributed by atoms with Gasteiger partial charge in [-0.15, -0.1) is 0 Å². The molecule has 1 aromatic heterocycles. The summed E-state index contributed by atoms with van der Waals surface area (Å²) >= 11 is 0. The molecule has 6 atom stereocenters. The van der Waals surface area contributed by atoms with Crippen molar-refractivity contribution in [1.29, 1.82) is 0 Å². The number of esters is 1. The summed E-state index contributed by atoms with van der Waals surface area (Å²) < 4.78 is 69.2. The Kier molecular flexibility index (Phi) is 5.78. The van der Waals surface area contributed by atoms with Gasteiger partial charge in [0.25, 0.3) is 0 Å². The third kappa shape index (κ3) is 4.31. The van der Waals surface area contributed by atoms with Crippen molar-refractivity contribution in [2.24, 2.45) is 29.6 Å². The monoisotopic (exact) mass is 459 g/mol. The SMILES string of the molecule is C[C@@H]1OC(=O)[C@H]2C[C@H]3CCCC[C@@H]3[C@@H](/C=C/c3ccc(OS(=O)(=O)C(F)(F)F)cn3)[C@@H]12. The number of alkyl halides is 3. The smallest absolute Gasteiger partial charge is 0.462 e. The van der Waals surface area contributed by atoms with Gasteiger partial charge in [-0.25, -0.2) is 0 Å². The van der Waals surface area contributed by atoms with Gasteiger partial charge in [0.05, 0.1) is 17.8 Å². The number of pyridine rings is 1. The Morgan fingerprint density at radius 1 is 1.23 bits per heavy atom. The number of halogens is 3. The van der Waals surface area contributed by atoms with Gasteiger partial charge in [-0.2, -0.15) is 21.6 Å². The zero-order valence-electron chi connectivity index (χ0n) is 16.9. The van der Waals surface area contributed by atoms with E-state index in [9.17, 15) is 26.4 Å². The number of hydrogen-bond acceptors (Lipinski definition) is 6. The molecule has 3 fully saturated rings. The maximum Gasteiger partial charge on any atom is 0.534 e. The first-order valence-corrected chi connectivity index (χ1v) is 11.8. The van der Waals surface area contributed by atoms with Gasteiger partial charge in [0.1, 0.15) is 6.10 Å². The molecule has 0 unspecified atom stereocenters. The lowest BCUT2D eigenvalue weighted by molar-refractivity contribution is -0.144. The van der Waals surface area contributed by atoms with Crippen LogP contribution < -0.4 is 4.18 Å². The lowest BCUT2D eigenvalue weighted by Gasteiger charge is -2.45. The molecule has 1 aromatic rings. The van der Waals surface area contributed by atoms with Crippen LogP contribution in [0.1, 0.15) is 44.7 Å². The Morgan fingerprint density at radius 3 is 2.65 bits per heavy atom. The van der Waals surface area contributed by atoms with Crippen LogP contribution >= 0.6 is 0 Å². The summed E-state index contributed by atoms with van der Waals surface area (Å²) in [6.07, 6.45) is 10.0. The van der Waals surface area contributed by atoms with E-state index in [1.54, 1.807) is 6.08 Å². The van der Waals surface area contributed by atoms with Crippen LogP contribution in [0.3, 0.4) is 0 Å². The predicted molar refractivity (Wildman–Crippen MR) is 105 cm³/mol. The van der Waals surface area contributed by atoms with Crippen LogP contribution in [0.15, 0.2) is 24.4 Å². The standard InChI is InChI=1S/C21H24F3NO5S/c1-12-19-17(16-5-3-2-4-13(16)10-18(19)20(26)29-12)9-7-14-6-8-15(11-25-14)30-31(27,28)21(22,23)24/h6-9,11-13,16-19H,2-5,10H2,1H3/b9-7+/t12-,13+,16-,17+,18-,19+/m0/s1. The first-order valence-electron chi connectivity index (χ1n) is 10.4. The van der Waals surface area contributed by atoms with Crippen molar-refractivity contribution in [1.82, 2.24) is 4.98 Å². The second-order valence-electron chi connectivity index (χ2n) is 8.61. The van der Waals surface area contributed by atoms with E-state index in [4.69, 9.17) is 4.74 Å². The summed E-state index contributed by atoms with van der Waals surface area (Å²) in [7, 11) is -5.73. The number of nitrogens with zero attached hydrogens (tertiary/aromatic N) is 1. The lowest BCUT2D eigenvalue weighted by Crippen LogP contribution is -2.42. The van der Waals surface area contributed by atoms with Crippen molar-refractivity contribution in [2.75, 3.05) is 0 Å². The minimum absolute atomic E-state index is 0.0969. The minimum Gasteiger partial charge on any atom is -0.462 e. The molecule has 6 nitrogen and oxygen atoms in total. The van der Waals surface area contributed by atoms with Crippen LogP contribution in [0.5, 0.6) is 5.75 Å². The zero-order chi connectivity index (χ0) is 22.4. The molecular weight excluding hydrogens is 435 g/mol. The van der Waals surface area contributed by atoms with E-state index < -0.39 is 21.4 Å². The van der Waals surface area contributed by atoms with Gasteiger partial charge in [0.15, 0.2) is 5.75 Å². The van der Waals surface area contributed by atoms with Gasteiger partial charge in [-0.3, -0.25) is 9.78 Å². The molecule has 2 heterocycles. The number of carbonyl (C=O) groups is 1. The van der Waals surface area contributed by atoms with E-state index in [1.165, 1.54) is 12.5 Å². The number of carbonyl (C=O) groups excluding carboxylic acids is 1. The second kappa shape index (κ2) is 8.11. The Balaban J connectivity index is 1.53. The van der Waals surface area contributed by atoms with Gasteiger partial charge in [0, 0.05) is 5.92 Å². The van der Waals surface area contributed by atoms with Crippen LogP contribution in [0.25, 0.3) is 6.08 Å². The lowest BCUT2D eigenvalue weighted by atomic mass is 9.57. The number of allylic oxidation sites excluding steroid dienone is 1. The van der Waals surface area contributed by atoms with Crippen LogP contribution in [0.2, 0.25) is 0 Å². The molecule has 4 rings (SSSR count). The molecule has 0 amide bonds. The molecular formula is C21H24F3NO5S. The molecule has 3 aliphatic rings. The zero-order valence-corrected chi connectivity index (χ0v) is 17.7. The number of fused-ring (bicyclic) bond motifs is 2. The van der Waals surface area contributed by atoms with Crippen LogP contribution in [-0.4, -0.2) is 31.0 Å². The third-order valence-corrected chi connectivity index (χ3v) is 7.79. The Bertz CT molecular complexity index is 960. The fourth-order valence-corrected chi connectivity index (χ4v) is 5.96. The van der Waals surface area contributed by atoms with E-state index >= 15 is 0 Å². The number of cyclic esters (lactones) is 1. The highest BCUT2D eigenvalue weighted by Gasteiger charge is 2.53. The van der Waals surface area contributed by atoms with Gasteiger partial charge in [-0.05, 0) is 55.7 Å². The summed E-state index contributed by atoms with van der Waals surface area (Å²) in [6, 6.07) is 2.53. The molecule has 1 aliphatic heterocycles. The largest absolute Gasteiger partial charge is 0.534 e. The highest BCUT2D eigenvalue weighted by molar-refractivity contribution is 7.88. The first kappa shape index (κ1) is 22.1. The van der Waals surface area contributed by atoms with Crippen LogP contribution in [-0.2, 0) is 19.6 Å². The van der Waals surface area contributed by atoms with Crippen molar-refractivity contribution in [2.45, 2.75) is 50.6 Å². The first-order chi connectivity index (χ1) is 14.6. The van der Waals surface area contributed by atoms with E-state index in [0.717, 1.165) is 37.9 Å². The average molecular weight is 459 g/mol. The summed E-state index contributed by atoms with van der Waals surface area (Å²) in [6.45, 7) is 1.93. The Hall–Kier alpha value is -2.10. The molecule has 170 valence electrons. The molecule has 31 heavy (non-hydrogen) atoms. The predicted octanol–water partition coefficient (Wildman–Crippen LogP) is 4.33. The third-order valence-electron chi connectivity index (χ3n) is 6.81. The minimum atomic E-state index is -5.73. The number of ether oxygens (including phenoxy) is 1. The van der Waals surface area contributed by atoms with Crippen molar-refractivity contribution < 1.29 is 35.3 Å². The van der Waals surface area contributed by atoms with Gasteiger partial charge in [0.2, 0.25) is 0 Å². The normalized spacial score (nSPS) is 33.6. The van der Waals surface area contributed by atoms with E-state index in [2.05, 4.69) is 9.17 Å². The maximum atomic E-state index is 12.4. The summed E-state index contributed by atoms with van der Waals surface area (Å²) in [4.78, 5) is 16.3. The Labute approximate surface area is 179 Å². The summed E-state index contributed by atoms with van der Waals surface area (Å²) in [5.41, 5.74) is -5.04. The second-order valence-corrected chi connectivity index (χ2v) is 10.1. The molecule has 2 aliphatic carbocycles. The molecule has 10 heteroatoms. The average Bonchev–Trinajstić information content (AvgIpc) is 2.99. The summed E-state index contributed by atoms with van der Waals surface area (Å²) in [5, 5.41) is 0. The molecule has 1 saturated heterocycles. The van der Waals surface area contributed by atoms with E-state index in [-0.39, 0.29) is 29.8 Å². The van der Waals surface area contributed by atoms with Crippen molar-refractivity contribution in [3.63, 3.8) is 0 Å². The van der Waals surface area contributed by atoms with Gasteiger partial charge < -0.3 is 8.92 Å². The molecule has 0 spiro atoms. The quantitative estimate of drug-likeness (QED) is 0.379. The van der Waals surface area contributed by atoms with E-state index in [1.807, 2.05) is 13.0 Å². The van der Waals surface area contributed by atoms with Crippen molar-refractivity contribution in [3.8, 4) is 5.75 Å². The number of rotatable bonds is 4. The van der Waals surface area contributed by atoms with Crippen molar-refractivity contribution >= 4 is 22.2 Å². The fraction of sp³-hybridized carbons (Fsp3) is 0.619. The van der Waals surface area contributed by atoms with Gasteiger partial charge in [-0.1, -0.05) is 25.3 Å². The maximum absolute atomic E-state index is 12.4. The highest BCUT2D eigenvalue weighted by atomic mass is 32.2. The van der Waals surface area contributed by atoms with Gasteiger partial charge >= 0.3 is 21.6 Å². The Morgan fingerprint density at radius 2 is 1.97 bits per heavy atom. The van der Waals surface area contributed by atoms with E-state index in [0.29, 0.717) is 17.5 Å². The topological polar surface area (TPSA) is 82.6 Å². The molecule has 0 aromatic carbocycles. The van der Waals surface area contributed by atoms with Crippen molar-refractivity contribution in [3.05, 3.63) is 30.1 Å². The fourth-order valence-electron chi connectivity index (χ4n) is 5.51. The van der Waals surface area contributed by atoms with Crippen LogP contribution in [0, 0.1) is 29.6 Å². The molecule has 2 saturated carbocycles. The highest BCUT2D eigenvalue weighted by Crippen LogP contribution is 2.53. The molecule has 0 bridgehead atoms. The number of hydrogen-bond donors (Lipinski definition) is 0. The summed E-state index contributed by atoms with van der Waals surface area (Å²) in [5.74, 6) is 0.465. The number of aromatic nitrogens is 1. The van der Waals surface area contributed by atoms with Crippen LogP contribution in [0.4, 0.5) is 13.2 Å². The molecule has 0 N–H and O–H groups in total.